The molecule has 0 bridgehead atoms. The van der Waals surface area contributed by atoms with Gasteiger partial charge >= 0.3 is 0 Å². The number of benzene rings is 1. The Morgan fingerprint density at radius 3 is 2.32 bits per heavy atom. The molecule has 100 valence electrons. The number of rotatable bonds is 3. The smallest absolute Gasteiger partial charge is 0.178 e. The number of hydrogen-bond acceptors (Lipinski definition) is 3. The molecule has 0 saturated carbocycles. The van der Waals surface area contributed by atoms with Crippen molar-refractivity contribution < 1.29 is 9.53 Å². The molecule has 0 amide bonds. The molecule has 0 fully saturated rings. The largest absolute Gasteiger partial charge is 0.496 e. The number of methoxy groups -OCH3 is 1. The van der Waals surface area contributed by atoms with E-state index in [9.17, 15) is 4.79 Å². The van der Waals surface area contributed by atoms with E-state index in [2.05, 4.69) is 5.10 Å². The molecule has 0 N–H and O–H groups in total. The molecule has 2 aromatic rings. The molecule has 2 rings (SSSR count). The standard InChI is InChI=1S/C15H18N2O2/c1-9-6-12(7-10(2)15(9)19-5)13-8-16-17(4)14(13)11(3)18/h6-8H,1-5H3. The Bertz CT molecular complexity index is 619. The van der Waals surface area contributed by atoms with Gasteiger partial charge in [0.15, 0.2) is 5.78 Å². The molecule has 0 spiro atoms. The molecule has 1 aromatic heterocycles. The summed E-state index contributed by atoms with van der Waals surface area (Å²) in [6, 6.07) is 4.05. The third-order valence-corrected chi connectivity index (χ3v) is 3.25. The molecule has 0 radical (unpaired) electrons. The second-order valence-electron chi connectivity index (χ2n) is 4.73. The van der Waals surface area contributed by atoms with Gasteiger partial charge in [-0.2, -0.15) is 5.10 Å². The molecule has 4 nitrogen and oxygen atoms in total. The highest BCUT2D eigenvalue weighted by molar-refractivity contribution is 5.99. The van der Waals surface area contributed by atoms with Crippen molar-refractivity contribution in [3.05, 3.63) is 35.2 Å². The van der Waals surface area contributed by atoms with E-state index in [1.54, 1.807) is 32.0 Å². The van der Waals surface area contributed by atoms with Crippen molar-refractivity contribution in [2.45, 2.75) is 20.8 Å². The summed E-state index contributed by atoms with van der Waals surface area (Å²) in [5, 5.41) is 4.18. The minimum Gasteiger partial charge on any atom is -0.496 e. The number of aromatic nitrogens is 2. The number of ether oxygens (including phenoxy) is 1. The fourth-order valence-electron chi connectivity index (χ4n) is 2.49. The van der Waals surface area contributed by atoms with E-state index in [1.165, 1.54) is 0 Å². The first-order chi connectivity index (χ1) is 8.95. The SMILES string of the molecule is COc1c(C)cc(-c2cnn(C)c2C(C)=O)cc1C. The normalized spacial score (nSPS) is 10.6. The predicted octanol–water partition coefficient (Wildman–Crippen LogP) is 2.92. The maximum absolute atomic E-state index is 11.7. The van der Waals surface area contributed by atoms with Gasteiger partial charge in [0.1, 0.15) is 11.4 Å². The lowest BCUT2D eigenvalue weighted by Gasteiger charge is -2.11. The molecule has 0 unspecified atom stereocenters. The fourth-order valence-corrected chi connectivity index (χ4v) is 2.49. The van der Waals surface area contributed by atoms with Gasteiger partial charge < -0.3 is 4.74 Å². The van der Waals surface area contributed by atoms with Crippen LogP contribution in [0.2, 0.25) is 0 Å². The number of ketones is 1. The van der Waals surface area contributed by atoms with Crippen molar-refractivity contribution >= 4 is 5.78 Å². The van der Waals surface area contributed by atoms with Crippen LogP contribution in [-0.4, -0.2) is 22.7 Å². The zero-order chi connectivity index (χ0) is 14.2. The third kappa shape index (κ3) is 2.26. The first-order valence-corrected chi connectivity index (χ1v) is 6.14. The van der Waals surface area contributed by atoms with Gasteiger partial charge in [-0.1, -0.05) is 0 Å². The summed E-state index contributed by atoms with van der Waals surface area (Å²) in [6.07, 6.45) is 1.73. The predicted molar refractivity (Wildman–Crippen MR) is 74.7 cm³/mol. The number of nitrogens with zero attached hydrogens (tertiary/aromatic N) is 2. The van der Waals surface area contributed by atoms with Crippen molar-refractivity contribution in [3.63, 3.8) is 0 Å². The first-order valence-electron chi connectivity index (χ1n) is 6.14. The van der Waals surface area contributed by atoms with Crippen LogP contribution in [0, 0.1) is 13.8 Å². The van der Waals surface area contributed by atoms with E-state index in [0.29, 0.717) is 5.69 Å². The molecule has 0 aliphatic heterocycles. The Morgan fingerprint density at radius 1 is 1.26 bits per heavy atom. The topological polar surface area (TPSA) is 44.1 Å². The highest BCUT2D eigenvalue weighted by Gasteiger charge is 2.16. The Morgan fingerprint density at radius 2 is 1.84 bits per heavy atom. The van der Waals surface area contributed by atoms with E-state index in [-0.39, 0.29) is 5.78 Å². The fraction of sp³-hybridized carbons (Fsp3) is 0.333. The van der Waals surface area contributed by atoms with E-state index >= 15 is 0 Å². The lowest BCUT2D eigenvalue weighted by atomic mass is 9.99. The van der Waals surface area contributed by atoms with E-state index in [1.807, 2.05) is 26.0 Å². The highest BCUT2D eigenvalue weighted by atomic mass is 16.5. The molecule has 1 heterocycles. The zero-order valence-corrected chi connectivity index (χ0v) is 11.9. The van der Waals surface area contributed by atoms with Crippen LogP contribution in [0.3, 0.4) is 0 Å². The van der Waals surface area contributed by atoms with Crippen LogP contribution in [0.15, 0.2) is 18.3 Å². The van der Waals surface area contributed by atoms with Gasteiger partial charge in [0.2, 0.25) is 0 Å². The van der Waals surface area contributed by atoms with Gasteiger partial charge in [0.05, 0.1) is 13.3 Å². The monoisotopic (exact) mass is 258 g/mol. The zero-order valence-electron chi connectivity index (χ0n) is 11.9. The Kier molecular flexibility index (Phi) is 3.42. The lowest BCUT2D eigenvalue weighted by molar-refractivity contribution is 0.100. The van der Waals surface area contributed by atoms with Crippen molar-refractivity contribution in [3.8, 4) is 16.9 Å². The molecule has 0 aliphatic rings. The van der Waals surface area contributed by atoms with E-state index in [0.717, 1.165) is 28.0 Å². The lowest BCUT2D eigenvalue weighted by Crippen LogP contribution is -2.04. The van der Waals surface area contributed by atoms with Gasteiger partial charge in [-0.15, -0.1) is 0 Å². The first kappa shape index (κ1) is 13.3. The van der Waals surface area contributed by atoms with E-state index < -0.39 is 0 Å². The number of hydrogen-bond donors (Lipinski definition) is 0. The summed E-state index contributed by atoms with van der Waals surface area (Å²) in [6.45, 7) is 5.56. The maximum Gasteiger partial charge on any atom is 0.178 e. The summed E-state index contributed by atoms with van der Waals surface area (Å²) in [4.78, 5) is 11.7. The van der Waals surface area contributed by atoms with Gasteiger partial charge in [-0.25, -0.2) is 0 Å². The highest BCUT2D eigenvalue weighted by Crippen LogP contribution is 2.31. The molecule has 1 aromatic carbocycles. The Balaban J connectivity index is 2.64. The minimum atomic E-state index is 0.0149. The maximum atomic E-state index is 11.7. The van der Waals surface area contributed by atoms with Crippen molar-refractivity contribution in [2.24, 2.45) is 7.05 Å². The van der Waals surface area contributed by atoms with Gasteiger partial charge in [-0.3, -0.25) is 9.48 Å². The van der Waals surface area contributed by atoms with Gasteiger partial charge in [0, 0.05) is 19.5 Å². The Labute approximate surface area is 113 Å². The van der Waals surface area contributed by atoms with Crippen LogP contribution in [0.4, 0.5) is 0 Å². The van der Waals surface area contributed by atoms with Crippen molar-refractivity contribution in [1.29, 1.82) is 0 Å². The van der Waals surface area contributed by atoms with Crippen LogP contribution in [0.1, 0.15) is 28.5 Å². The number of carbonyl (C=O) groups is 1. The summed E-state index contributed by atoms with van der Waals surface area (Å²) in [5.41, 5.74) is 4.59. The van der Waals surface area contributed by atoms with Crippen molar-refractivity contribution in [1.82, 2.24) is 9.78 Å². The van der Waals surface area contributed by atoms with Crippen LogP contribution in [-0.2, 0) is 7.05 Å². The van der Waals surface area contributed by atoms with Crippen LogP contribution >= 0.6 is 0 Å². The molecular weight excluding hydrogens is 240 g/mol. The van der Waals surface area contributed by atoms with Gasteiger partial charge in [0.25, 0.3) is 0 Å². The number of carbonyl (C=O) groups excluding carboxylic acids is 1. The van der Waals surface area contributed by atoms with E-state index in [4.69, 9.17) is 4.74 Å². The summed E-state index contributed by atoms with van der Waals surface area (Å²) < 4.78 is 6.98. The van der Waals surface area contributed by atoms with Crippen molar-refractivity contribution in [2.75, 3.05) is 7.11 Å². The molecule has 19 heavy (non-hydrogen) atoms. The summed E-state index contributed by atoms with van der Waals surface area (Å²) in [7, 11) is 3.45. The minimum absolute atomic E-state index is 0.0149. The van der Waals surface area contributed by atoms with Gasteiger partial charge in [-0.05, 0) is 42.7 Å². The summed E-state index contributed by atoms with van der Waals surface area (Å²) >= 11 is 0. The third-order valence-electron chi connectivity index (χ3n) is 3.25. The molecule has 0 saturated heterocycles. The Hall–Kier alpha value is -2.10. The summed E-state index contributed by atoms with van der Waals surface area (Å²) in [5.74, 6) is 0.901. The molecular formula is C15H18N2O2. The molecule has 4 heteroatoms. The average Bonchev–Trinajstić information content (AvgIpc) is 2.70. The van der Waals surface area contributed by atoms with Crippen LogP contribution < -0.4 is 4.74 Å². The van der Waals surface area contributed by atoms with Crippen LogP contribution in [0.25, 0.3) is 11.1 Å². The molecule has 0 aliphatic carbocycles. The second-order valence-corrected chi connectivity index (χ2v) is 4.73. The number of aryl methyl sites for hydroxylation is 3. The average molecular weight is 258 g/mol. The van der Waals surface area contributed by atoms with Crippen LogP contribution in [0.5, 0.6) is 5.75 Å². The quantitative estimate of drug-likeness (QED) is 0.795. The molecule has 0 atom stereocenters. The second kappa shape index (κ2) is 4.88. The number of Topliss-reactive ketones (excluding diaryl/α,β-unsaturated/α-hetero) is 1.